The molecule has 4 heteroatoms. The van der Waals surface area contributed by atoms with Crippen LogP contribution in [-0.4, -0.2) is 23.4 Å². The van der Waals surface area contributed by atoms with Crippen LogP contribution in [0.3, 0.4) is 0 Å². The van der Waals surface area contributed by atoms with Crippen molar-refractivity contribution < 1.29 is 14.4 Å². The van der Waals surface area contributed by atoms with Crippen LogP contribution in [-0.2, 0) is 9.31 Å². The van der Waals surface area contributed by atoms with E-state index in [4.69, 9.17) is 9.31 Å². The average Bonchev–Trinajstić information content (AvgIpc) is 3.00. The number of phenolic OH excluding ortho intramolecular Hbond substituents is 1. The third-order valence-electron chi connectivity index (χ3n) is 8.61. The lowest BCUT2D eigenvalue weighted by Gasteiger charge is -2.33. The third kappa shape index (κ3) is 5.71. The summed E-state index contributed by atoms with van der Waals surface area (Å²) in [6.07, 6.45) is 2.26. The summed E-state index contributed by atoms with van der Waals surface area (Å²) in [4.78, 5) is 0. The van der Waals surface area contributed by atoms with Crippen LogP contribution in [0.1, 0.15) is 98.1 Å². The first-order chi connectivity index (χ1) is 15.9. The summed E-state index contributed by atoms with van der Waals surface area (Å²) in [5.74, 6) is 3.03. The molecule has 0 aliphatic carbocycles. The predicted octanol–water partition coefficient (Wildman–Crippen LogP) is 7.29. The molecule has 4 atom stereocenters. The summed E-state index contributed by atoms with van der Waals surface area (Å²) in [6.45, 7) is 20.1. The first-order valence-electron chi connectivity index (χ1n) is 13.1. The first-order valence-corrected chi connectivity index (χ1v) is 13.1. The minimum atomic E-state index is -0.324. The maximum Gasteiger partial charge on any atom is 0.494 e. The van der Waals surface area contributed by atoms with Gasteiger partial charge in [-0.15, -0.1) is 0 Å². The van der Waals surface area contributed by atoms with Crippen molar-refractivity contribution in [3.05, 3.63) is 59.7 Å². The molecule has 1 fully saturated rings. The smallest absolute Gasteiger partial charge is 0.494 e. The molecule has 1 N–H and O–H groups in total. The van der Waals surface area contributed by atoms with E-state index in [-0.39, 0.29) is 18.3 Å². The molecule has 0 radical (unpaired) electrons. The molecule has 3 rings (SSSR count). The second-order valence-electron chi connectivity index (χ2n) is 11.8. The summed E-state index contributed by atoms with van der Waals surface area (Å²) >= 11 is 0. The fourth-order valence-electron chi connectivity index (χ4n) is 5.32. The fraction of sp³-hybridized carbons (Fsp3) is 0.600. The minimum Gasteiger partial charge on any atom is -0.508 e. The van der Waals surface area contributed by atoms with Crippen molar-refractivity contribution in [2.75, 3.05) is 0 Å². The van der Waals surface area contributed by atoms with E-state index >= 15 is 0 Å². The van der Waals surface area contributed by atoms with Gasteiger partial charge in [-0.3, -0.25) is 0 Å². The molecule has 0 saturated carbocycles. The number of benzene rings is 2. The van der Waals surface area contributed by atoms with Crippen LogP contribution in [0.5, 0.6) is 5.75 Å². The molecule has 4 unspecified atom stereocenters. The molecule has 1 saturated heterocycles. The largest absolute Gasteiger partial charge is 0.508 e. The van der Waals surface area contributed by atoms with Crippen molar-refractivity contribution in [3.8, 4) is 5.75 Å². The second kappa shape index (κ2) is 10.5. The van der Waals surface area contributed by atoms with E-state index < -0.39 is 0 Å². The number of phenols is 1. The Morgan fingerprint density at radius 2 is 1.24 bits per heavy atom. The van der Waals surface area contributed by atoms with Gasteiger partial charge in [0.2, 0.25) is 0 Å². The fourth-order valence-corrected chi connectivity index (χ4v) is 5.32. The van der Waals surface area contributed by atoms with E-state index in [1.165, 1.54) is 11.1 Å². The van der Waals surface area contributed by atoms with Gasteiger partial charge in [0.1, 0.15) is 5.75 Å². The summed E-state index contributed by atoms with van der Waals surface area (Å²) in [6, 6.07) is 16.7. The Morgan fingerprint density at radius 1 is 0.765 bits per heavy atom. The van der Waals surface area contributed by atoms with E-state index in [1.807, 2.05) is 12.1 Å². The Balaban J connectivity index is 1.73. The van der Waals surface area contributed by atoms with Crippen LogP contribution in [0, 0.1) is 17.8 Å². The quantitative estimate of drug-likeness (QED) is 0.396. The predicted molar refractivity (Wildman–Crippen MR) is 144 cm³/mol. The lowest BCUT2D eigenvalue weighted by Crippen LogP contribution is -2.41. The highest BCUT2D eigenvalue weighted by atomic mass is 16.7. The van der Waals surface area contributed by atoms with Gasteiger partial charge < -0.3 is 14.4 Å². The Labute approximate surface area is 208 Å². The molecule has 0 amide bonds. The molecular weight excluding hydrogens is 419 g/mol. The van der Waals surface area contributed by atoms with E-state index in [0.717, 1.165) is 18.3 Å². The molecule has 0 bridgehead atoms. The highest BCUT2D eigenvalue weighted by Gasteiger charge is 2.51. The van der Waals surface area contributed by atoms with Gasteiger partial charge in [-0.2, -0.15) is 0 Å². The van der Waals surface area contributed by atoms with Gasteiger partial charge in [0.05, 0.1) is 11.2 Å². The van der Waals surface area contributed by atoms with Gasteiger partial charge in [-0.05, 0) is 98.8 Å². The summed E-state index contributed by atoms with van der Waals surface area (Å²) < 4.78 is 12.5. The molecule has 0 aromatic heterocycles. The van der Waals surface area contributed by atoms with Crippen LogP contribution in [0.25, 0.3) is 0 Å². The lowest BCUT2D eigenvalue weighted by molar-refractivity contribution is 0.00578. The zero-order valence-electron chi connectivity index (χ0n) is 22.8. The van der Waals surface area contributed by atoms with Crippen LogP contribution in [0.2, 0.25) is 0 Å². The Morgan fingerprint density at radius 3 is 1.71 bits per heavy atom. The minimum absolute atomic E-state index is 0.314. The van der Waals surface area contributed by atoms with Gasteiger partial charge in [-0.1, -0.05) is 71.0 Å². The zero-order chi connectivity index (χ0) is 25.3. The standard InChI is InChI=1S/C30H45BO3/c1-10-27(23-13-17-26(32)18-14-23)22(5)21(4)19-28(20(2)3)24-11-15-25(16-12-24)31-33-29(6,7)30(8,9)34-31/h11-18,20-22,27-28,32H,10,19H2,1-9H3. The summed E-state index contributed by atoms with van der Waals surface area (Å²) in [7, 11) is -0.314. The highest BCUT2D eigenvalue weighted by Crippen LogP contribution is 2.40. The van der Waals surface area contributed by atoms with E-state index in [2.05, 4.69) is 98.7 Å². The topological polar surface area (TPSA) is 38.7 Å². The van der Waals surface area contributed by atoms with Gasteiger partial charge in [0.25, 0.3) is 0 Å². The highest BCUT2D eigenvalue weighted by molar-refractivity contribution is 6.62. The van der Waals surface area contributed by atoms with Crippen molar-refractivity contribution in [1.29, 1.82) is 0 Å². The Hall–Kier alpha value is -1.78. The van der Waals surface area contributed by atoms with Crippen molar-refractivity contribution >= 4 is 12.6 Å². The van der Waals surface area contributed by atoms with Gasteiger partial charge in [0.15, 0.2) is 0 Å². The monoisotopic (exact) mass is 464 g/mol. The SMILES string of the molecule is CCC(c1ccc(O)cc1)C(C)C(C)CC(c1ccc(B2OC(C)(C)C(C)(C)O2)cc1)C(C)C. The first kappa shape index (κ1) is 26.8. The van der Waals surface area contributed by atoms with Crippen molar-refractivity contribution in [1.82, 2.24) is 0 Å². The second-order valence-corrected chi connectivity index (χ2v) is 11.8. The number of rotatable bonds is 9. The Bertz CT molecular complexity index is 901. The molecular formula is C30H45BO3. The lowest BCUT2D eigenvalue weighted by atomic mass is 9.72. The van der Waals surface area contributed by atoms with Crippen LogP contribution in [0.15, 0.2) is 48.5 Å². The van der Waals surface area contributed by atoms with Crippen molar-refractivity contribution in [2.45, 2.75) is 98.2 Å². The molecule has 34 heavy (non-hydrogen) atoms. The van der Waals surface area contributed by atoms with Gasteiger partial charge in [0, 0.05) is 0 Å². The number of hydrogen-bond donors (Lipinski definition) is 1. The molecule has 1 heterocycles. The summed E-state index contributed by atoms with van der Waals surface area (Å²) in [5.41, 5.74) is 3.16. The molecule has 186 valence electrons. The maximum atomic E-state index is 9.69. The van der Waals surface area contributed by atoms with E-state index in [0.29, 0.717) is 35.3 Å². The molecule has 1 aliphatic heterocycles. The van der Waals surface area contributed by atoms with Crippen molar-refractivity contribution in [3.63, 3.8) is 0 Å². The van der Waals surface area contributed by atoms with E-state index in [1.54, 1.807) is 0 Å². The zero-order valence-corrected chi connectivity index (χ0v) is 22.8. The third-order valence-corrected chi connectivity index (χ3v) is 8.61. The van der Waals surface area contributed by atoms with E-state index in [9.17, 15) is 5.11 Å². The molecule has 0 spiro atoms. The maximum absolute atomic E-state index is 9.69. The van der Waals surface area contributed by atoms with Gasteiger partial charge in [-0.25, -0.2) is 0 Å². The molecule has 2 aromatic carbocycles. The van der Waals surface area contributed by atoms with Crippen LogP contribution in [0.4, 0.5) is 0 Å². The Kier molecular flexibility index (Phi) is 8.25. The molecule has 3 nitrogen and oxygen atoms in total. The number of hydrogen-bond acceptors (Lipinski definition) is 3. The average molecular weight is 464 g/mol. The van der Waals surface area contributed by atoms with Crippen LogP contribution >= 0.6 is 0 Å². The molecule has 2 aromatic rings. The van der Waals surface area contributed by atoms with Crippen molar-refractivity contribution in [2.24, 2.45) is 17.8 Å². The number of aromatic hydroxyl groups is 1. The molecule has 1 aliphatic rings. The van der Waals surface area contributed by atoms with Gasteiger partial charge >= 0.3 is 7.12 Å². The normalized spacial score (nSPS) is 20.8. The summed E-state index contributed by atoms with van der Waals surface area (Å²) in [5, 5.41) is 9.69. The van der Waals surface area contributed by atoms with Crippen LogP contribution < -0.4 is 5.46 Å².